The van der Waals surface area contributed by atoms with E-state index in [4.69, 9.17) is 0 Å². The van der Waals surface area contributed by atoms with E-state index in [2.05, 4.69) is 0 Å². The van der Waals surface area contributed by atoms with Crippen molar-refractivity contribution in [1.29, 1.82) is 0 Å². The molecule has 2 aliphatic rings. The predicted octanol–water partition coefficient (Wildman–Crippen LogP) is 1.05. The molecule has 2 rings (SSSR count). The molecule has 0 aromatic heterocycles. The summed E-state index contributed by atoms with van der Waals surface area (Å²) in [6.07, 6.45) is 6.39. The molecule has 1 saturated heterocycles. The smallest absolute Gasteiger partial charge is 0.151 e. The molecule has 0 aromatic carbocycles. The fraction of sp³-hybridized carbons (Fsp3) is 1.00. The molecule has 1 aliphatic carbocycles. The Balaban J connectivity index is 1.74. The molecule has 4 nitrogen and oxygen atoms in total. The zero-order valence-electron chi connectivity index (χ0n) is 11.2. The minimum Gasteiger partial charge on any atom is -0.392 e. The number of rotatable bonds is 5. The van der Waals surface area contributed by atoms with Gasteiger partial charge in [0, 0.05) is 12.6 Å². The molecule has 106 valence electrons. The first kappa shape index (κ1) is 14.3. The van der Waals surface area contributed by atoms with Gasteiger partial charge < -0.3 is 5.11 Å². The Morgan fingerprint density at radius 3 is 2.50 bits per heavy atom. The molecule has 18 heavy (non-hydrogen) atoms. The average molecular weight is 275 g/mol. The van der Waals surface area contributed by atoms with E-state index in [1.165, 1.54) is 25.7 Å². The fourth-order valence-electron chi connectivity index (χ4n) is 3.31. The van der Waals surface area contributed by atoms with E-state index in [-0.39, 0.29) is 17.9 Å². The lowest BCUT2D eigenvalue weighted by molar-refractivity contribution is 0.0886. The van der Waals surface area contributed by atoms with Crippen LogP contribution in [0.25, 0.3) is 0 Å². The van der Waals surface area contributed by atoms with Gasteiger partial charge in [-0.1, -0.05) is 25.7 Å². The second kappa shape index (κ2) is 5.88. The van der Waals surface area contributed by atoms with E-state index in [0.717, 1.165) is 12.8 Å². The van der Waals surface area contributed by atoms with E-state index in [0.29, 0.717) is 18.2 Å². The highest BCUT2D eigenvalue weighted by molar-refractivity contribution is 7.91. The van der Waals surface area contributed by atoms with Crippen molar-refractivity contribution < 1.29 is 13.5 Å². The van der Waals surface area contributed by atoms with Gasteiger partial charge in [-0.2, -0.15) is 0 Å². The van der Waals surface area contributed by atoms with E-state index >= 15 is 0 Å². The normalized spacial score (nSPS) is 30.1. The Hall–Kier alpha value is -0.130. The SMILES string of the molecule is CN(CC(O)CC1CCCC1)C1CCS(=O)(=O)C1. The summed E-state index contributed by atoms with van der Waals surface area (Å²) >= 11 is 0. The first-order chi connectivity index (χ1) is 8.46. The van der Waals surface area contributed by atoms with E-state index in [1.807, 2.05) is 11.9 Å². The highest BCUT2D eigenvalue weighted by Gasteiger charge is 2.31. The molecule has 1 N–H and O–H groups in total. The van der Waals surface area contributed by atoms with Crippen LogP contribution >= 0.6 is 0 Å². The second-order valence-corrected chi connectivity index (χ2v) is 8.27. The number of nitrogens with zero attached hydrogens (tertiary/aromatic N) is 1. The molecule has 1 saturated carbocycles. The standard InChI is InChI=1S/C13H25NO3S/c1-14(12-6-7-18(16,17)10-12)9-13(15)8-11-4-2-3-5-11/h11-13,15H,2-10H2,1H3. The highest BCUT2D eigenvalue weighted by atomic mass is 32.2. The van der Waals surface area contributed by atoms with Crippen molar-refractivity contribution in [2.24, 2.45) is 5.92 Å². The van der Waals surface area contributed by atoms with Crippen molar-refractivity contribution in [3.05, 3.63) is 0 Å². The molecule has 0 aromatic rings. The number of aliphatic hydroxyl groups is 1. The zero-order valence-corrected chi connectivity index (χ0v) is 12.0. The summed E-state index contributed by atoms with van der Waals surface area (Å²) < 4.78 is 22.8. The zero-order chi connectivity index (χ0) is 13.2. The van der Waals surface area contributed by atoms with Crippen molar-refractivity contribution >= 4 is 9.84 Å². The van der Waals surface area contributed by atoms with Crippen LogP contribution in [-0.2, 0) is 9.84 Å². The molecular formula is C13H25NO3S. The summed E-state index contributed by atoms with van der Waals surface area (Å²) in [5, 5.41) is 10.1. The Morgan fingerprint density at radius 1 is 1.28 bits per heavy atom. The van der Waals surface area contributed by atoms with Crippen LogP contribution in [0.3, 0.4) is 0 Å². The number of sulfone groups is 1. The van der Waals surface area contributed by atoms with E-state index in [1.54, 1.807) is 0 Å². The van der Waals surface area contributed by atoms with Gasteiger partial charge >= 0.3 is 0 Å². The molecule has 0 amide bonds. The molecule has 0 bridgehead atoms. The third kappa shape index (κ3) is 3.93. The van der Waals surface area contributed by atoms with Crippen LogP contribution in [0.1, 0.15) is 38.5 Å². The summed E-state index contributed by atoms with van der Waals surface area (Å²) in [5.41, 5.74) is 0. The maximum atomic E-state index is 11.4. The molecule has 1 aliphatic heterocycles. The van der Waals surface area contributed by atoms with Crippen molar-refractivity contribution in [2.45, 2.75) is 50.7 Å². The lowest BCUT2D eigenvalue weighted by Crippen LogP contribution is -2.38. The lowest BCUT2D eigenvalue weighted by atomic mass is 9.99. The molecule has 0 spiro atoms. The maximum Gasteiger partial charge on any atom is 0.151 e. The van der Waals surface area contributed by atoms with Crippen molar-refractivity contribution in [1.82, 2.24) is 4.90 Å². The van der Waals surface area contributed by atoms with Gasteiger partial charge in [-0.25, -0.2) is 8.42 Å². The largest absolute Gasteiger partial charge is 0.392 e. The van der Waals surface area contributed by atoms with Gasteiger partial charge in [-0.15, -0.1) is 0 Å². The Kier molecular flexibility index (Phi) is 4.67. The van der Waals surface area contributed by atoms with Crippen LogP contribution in [0.4, 0.5) is 0 Å². The number of likely N-dealkylation sites (N-methyl/N-ethyl adjacent to an activating group) is 1. The van der Waals surface area contributed by atoms with Crippen LogP contribution in [0, 0.1) is 5.92 Å². The van der Waals surface area contributed by atoms with Crippen LogP contribution in [-0.4, -0.2) is 55.7 Å². The second-order valence-electron chi connectivity index (χ2n) is 6.04. The molecule has 2 atom stereocenters. The fourth-order valence-corrected chi connectivity index (χ4v) is 5.12. The number of hydrogen-bond acceptors (Lipinski definition) is 4. The van der Waals surface area contributed by atoms with Gasteiger partial charge in [0.2, 0.25) is 0 Å². The Labute approximate surface area is 110 Å². The first-order valence-electron chi connectivity index (χ1n) is 7.05. The van der Waals surface area contributed by atoms with Crippen molar-refractivity contribution in [3.63, 3.8) is 0 Å². The van der Waals surface area contributed by atoms with E-state index in [9.17, 15) is 13.5 Å². The number of hydrogen-bond donors (Lipinski definition) is 1. The molecular weight excluding hydrogens is 250 g/mol. The van der Waals surface area contributed by atoms with Crippen LogP contribution < -0.4 is 0 Å². The third-order valence-corrected chi connectivity index (χ3v) is 6.16. The molecule has 2 unspecified atom stereocenters. The summed E-state index contributed by atoms with van der Waals surface area (Å²) in [4.78, 5) is 2.03. The molecule has 5 heteroatoms. The highest BCUT2D eigenvalue weighted by Crippen LogP contribution is 2.29. The summed E-state index contributed by atoms with van der Waals surface area (Å²) in [5.74, 6) is 1.25. The first-order valence-corrected chi connectivity index (χ1v) is 8.87. The maximum absolute atomic E-state index is 11.4. The quantitative estimate of drug-likeness (QED) is 0.815. The van der Waals surface area contributed by atoms with Gasteiger partial charge in [0.25, 0.3) is 0 Å². The van der Waals surface area contributed by atoms with Gasteiger partial charge in [0.1, 0.15) is 0 Å². The molecule has 0 radical (unpaired) electrons. The minimum atomic E-state index is -2.82. The van der Waals surface area contributed by atoms with Crippen LogP contribution in [0.5, 0.6) is 0 Å². The van der Waals surface area contributed by atoms with Crippen molar-refractivity contribution in [3.8, 4) is 0 Å². The van der Waals surface area contributed by atoms with Gasteiger partial charge in [-0.05, 0) is 25.8 Å². The molecule has 1 heterocycles. The molecule has 2 fully saturated rings. The summed E-state index contributed by atoms with van der Waals surface area (Å²) in [6.45, 7) is 0.608. The lowest BCUT2D eigenvalue weighted by Gasteiger charge is -2.26. The predicted molar refractivity (Wildman–Crippen MR) is 72.3 cm³/mol. The van der Waals surface area contributed by atoms with Crippen LogP contribution in [0.2, 0.25) is 0 Å². The average Bonchev–Trinajstić information content (AvgIpc) is 2.87. The summed E-state index contributed by atoms with van der Waals surface area (Å²) in [7, 11) is -0.888. The third-order valence-electron chi connectivity index (χ3n) is 4.41. The van der Waals surface area contributed by atoms with Gasteiger partial charge in [0.15, 0.2) is 9.84 Å². The monoisotopic (exact) mass is 275 g/mol. The Morgan fingerprint density at radius 2 is 1.94 bits per heavy atom. The Bertz CT molecular complexity index is 362. The van der Waals surface area contributed by atoms with Gasteiger partial charge in [0.05, 0.1) is 17.6 Å². The number of aliphatic hydroxyl groups excluding tert-OH is 1. The summed E-state index contributed by atoms with van der Waals surface area (Å²) in [6, 6.07) is 0.105. The van der Waals surface area contributed by atoms with Gasteiger partial charge in [-0.3, -0.25) is 4.90 Å². The topological polar surface area (TPSA) is 57.6 Å². The van der Waals surface area contributed by atoms with Crippen LogP contribution in [0.15, 0.2) is 0 Å². The van der Waals surface area contributed by atoms with E-state index < -0.39 is 9.84 Å². The minimum absolute atomic E-state index is 0.105. The van der Waals surface area contributed by atoms with Crippen molar-refractivity contribution in [2.75, 3.05) is 25.1 Å².